The maximum atomic E-state index is 13.9. The molecular weight excluding hydrogens is 388 g/mol. The van der Waals surface area contributed by atoms with Crippen LogP contribution in [-0.2, 0) is 0 Å². The van der Waals surface area contributed by atoms with E-state index in [-0.39, 0.29) is 11.6 Å². The first-order valence-electron chi connectivity index (χ1n) is 12.3. The predicted molar refractivity (Wildman–Crippen MR) is 122 cm³/mol. The average Bonchev–Trinajstić information content (AvgIpc) is 2.82. The summed E-state index contributed by atoms with van der Waals surface area (Å²) < 4.78 is 0. The van der Waals surface area contributed by atoms with E-state index in [9.17, 15) is 9.59 Å². The van der Waals surface area contributed by atoms with Crippen molar-refractivity contribution >= 4 is 17.4 Å². The Hall–Kier alpha value is -2.37. The molecule has 166 valence electrons. The molecule has 4 heterocycles. The summed E-state index contributed by atoms with van der Waals surface area (Å²) in [5.74, 6) is 0.840. The molecule has 6 heteroatoms. The van der Waals surface area contributed by atoms with Gasteiger partial charge >= 0.3 is 0 Å². The average molecular weight is 423 g/mol. The maximum Gasteiger partial charge on any atom is 0.230 e. The molecule has 31 heavy (non-hydrogen) atoms. The number of anilines is 1. The predicted octanol–water partition coefficient (Wildman–Crippen LogP) is 3.94. The Morgan fingerprint density at radius 1 is 0.645 bits per heavy atom. The Labute approximate surface area is 185 Å². The summed E-state index contributed by atoms with van der Waals surface area (Å²) in [5, 5.41) is 0. The lowest BCUT2D eigenvalue weighted by Gasteiger charge is -2.39. The van der Waals surface area contributed by atoms with Gasteiger partial charge in [-0.1, -0.05) is 0 Å². The number of allylic oxidation sites excluding steroid dienone is 2. The van der Waals surface area contributed by atoms with E-state index in [4.69, 9.17) is 4.98 Å². The van der Waals surface area contributed by atoms with E-state index in [1.807, 2.05) is 13.0 Å². The normalized spacial score (nSPS) is 22.8. The molecule has 0 radical (unpaired) electrons. The van der Waals surface area contributed by atoms with Gasteiger partial charge in [0, 0.05) is 39.3 Å². The first kappa shape index (κ1) is 20.5. The summed E-state index contributed by atoms with van der Waals surface area (Å²) in [4.78, 5) is 39.2. The van der Waals surface area contributed by atoms with Gasteiger partial charge in [-0.25, -0.2) is 4.98 Å². The van der Waals surface area contributed by atoms with E-state index < -0.39 is 0 Å². The molecule has 0 aromatic carbocycles. The molecule has 5 rings (SSSR count). The van der Waals surface area contributed by atoms with Crippen LogP contribution in [-0.4, -0.2) is 65.6 Å². The van der Waals surface area contributed by atoms with Gasteiger partial charge in [-0.15, -0.1) is 0 Å². The first-order valence-corrected chi connectivity index (χ1v) is 12.3. The Morgan fingerprint density at radius 2 is 1.10 bits per heavy atom. The van der Waals surface area contributed by atoms with Crippen LogP contribution in [0.25, 0.3) is 0 Å². The SMILES string of the molecule is Cc1cc2c(nc1N1CCCCC1)C(=O)C(N1CCCCC1)=C(N1CCCCC1)C2=O. The van der Waals surface area contributed by atoms with Gasteiger partial charge in [0.25, 0.3) is 0 Å². The maximum absolute atomic E-state index is 13.9. The number of rotatable bonds is 3. The summed E-state index contributed by atoms with van der Waals surface area (Å²) in [6, 6.07) is 1.93. The minimum Gasteiger partial charge on any atom is -0.367 e. The van der Waals surface area contributed by atoms with Gasteiger partial charge in [0.2, 0.25) is 11.6 Å². The van der Waals surface area contributed by atoms with Gasteiger partial charge in [-0.2, -0.15) is 0 Å². The molecule has 1 aliphatic carbocycles. The number of ketones is 2. The third-order valence-electron chi connectivity index (χ3n) is 7.30. The number of fused-ring (bicyclic) bond motifs is 1. The van der Waals surface area contributed by atoms with Crippen LogP contribution in [0.3, 0.4) is 0 Å². The van der Waals surface area contributed by atoms with Crippen LogP contribution in [0.1, 0.15) is 84.2 Å². The van der Waals surface area contributed by atoms with Crippen LogP contribution in [0, 0.1) is 6.92 Å². The van der Waals surface area contributed by atoms with E-state index in [1.54, 1.807) is 0 Å². The summed E-state index contributed by atoms with van der Waals surface area (Å²) in [7, 11) is 0. The van der Waals surface area contributed by atoms with Crippen molar-refractivity contribution in [2.45, 2.75) is 64.7 Å². The number of nitrogens with zero attached hydrogens (tertiary/aromatic N) is 4. The number of pyridine rings is 1. The van der Waals surface area contributed by atoms with Crippen molar-refractivity contribution < 1.29 is 9.59 Å². The molecule has 3 saturated heterocycles. The topological polar surface area (TPSA) is 56.8 Å². The van der Waals surface area contributed by atoms with Gasteiger partial charge in [-0.05, 0) is 76.3 Å². The highest BCUT2D eigenvalue weighted by molar-refractivity contribution is 6.25. The highest BCUT2D eigenvalue weighted by atomic mass is 16.1. The molecule has 0 unspecified atom stereocenters. The van der Waals surface area contributed by atoms with Gasteiger partial charge in [0.05, 0.1) is 5.56 Å². The fraction of sp³-hybridized carbons (Fsp3) is 0.640. The lowest BCUT2D eigenvalue weighted by atomic mass is 9.90. The van der Waals surface area contributed by atoms with E-state index in [2.05, 4.69) is 14.7 Å². The van der Waals surface area contributed by atoms with Crippen molar-refractivity contribution in [1.29, 1.82) is 0 Å². The number of aromatic nitrogens is 1. The van der Waals surface area contributed by atoms with Crippen molar-refractivity contribution in [2.75, 3.05) is 44.2 Å². The third-order valence-corrected chi connectivity index (χ3v) is 7.30. The summed E-state index contributed by atoms with van der Waals surface area (Å²) >= 11 is 0. The van der Waals surface area contributed by atoms with E-state index >= 15 is 0 Å². The van der Waals surface area contributed by atoms with Gasteiger partial charge < -0.3 is 14.7 Å². The molecule has 0 N–H and O–H groups in total. The van der Waals surface area contributed by atoms with Crippen molar-refractivity contribution in [1.82, 2.24) is 14.8 Å². The highest BCUT2D eigenvalue weighted by Crippen LogP contribution is 2.35. The molecule has 6 nitrogen and oxygen atoms in total. The summed E-state index contributed by atoms with van der Waals surface area (Å²) in [6.45, 7) is 7.40. The molecule has 3 fully saturated rings. The van der Waals surface area contributed by atoms with Crippen LogP contribution in [0.15, 0.2) is 17.5 Å². The molecule has 1 aromatic heterocycles. The van der Waals surface area contributed by atoms with E-state index in [0.29, 0.717) is 22.7 Å². The second-order valence-electron chi connectivity index (χ2n) is 9.52. The summed E-state index contributed by atoms with van der Waals surface area (Å²) in [6.07, 6.45) is 10.3. The Kier molecular flexibility index (Phi) is 5.72. The molecule has 3 aliphatic heterocycles. The number of piperidine rings is 3. The first-order chi connectivity index (χ1) is 15.1. The molecule has 0 bridgehead atoms. The zero-order valence-electron chi connectivity index (χ0n) is 18.8. The second-order valence-corrected chi connectivity index (χ2v) is 9.52. The number of likely N-dealkylation sites (tertiary alicyclic amines) is 2. The molecule has 0 amide bonds. The van der Waals surface area contributed by atoms with Gasteiger partial charge in [0.15, 0.2) is 0 Å². The summed E-state index contributed by atoms with van der Waals surface area (Å²) in [5.41, 5.74) is 3.15. The van der Waals surface area contributed by atoms with E-state index in [1.165, 1.54) is 19.3 Å². The monoisotopic (exact) mass is 422 g/mol. The Morgan fingerprint density at radius 3 is 1.61 bits per heavy atom. The standard InChI is InChI=1S/C25H34N4O2/c1-18-17-19-20(26-25(18)29-15-9-4-10-16-29)24(31)22(28-13-7-3-8-14-28)21(23(19)30)27-11-5-2-6-12-27/h17H,2-16H2,1H3. The number of Topliss-reactive ketones (excluding diaryl/α,β-unsaturated/α-hetero) is 2. The molecule has 0 spiro atoms. The Balaban J connectivity index is 1.60. The van der Waals surface area contributed by atoms with Crippen LogP contribution in [0.2, 0.25) is 0 Å². The van der Waals surface area contributed by atoms with Crippen LogP contribution < -0.4 is 4.90 Å². The number of aryl methyl sites for hydroxylation is 1. The molecule has 0 saturated carbocycles. The van der Waals surface area contributed by atoms with Crippen molar-refractivity contribution in [2.24, 2.45) is 0 Å². The fourth-order valence-electron chi connectivity index (χ4n) is 5.65. The van der Waals surface area contributed by atoms with Crippen LogP contribution in [0.5, 0.6) is 0 Å². The molecule has 4 aliphatic rings. The quantitative estimate of drug-likeness (QED) is 0.735. The number of hydrogen-bond donors (Lipinski definition) is 0. The highest BCUT2D eigenvalue weighted by Gasteiger charge is 2.40. The molecule has 0 atom stereocenters. The number of hydrogen-bond acceptors (Lipinski definition) is 6. The number of carbonyl (C=O) groups excluding carboxylic acids is 2. The lowest BCUT2D eigenvalue weighted by Crippen LogP contribution is -2.44. The smallest absolute Gasteiger partial charge is 0.230 e. The van der Waals surface area contributed by atoms with Crippen LogP contribution >= 0.6 is 0 Å². The second kappa shape index (κ2) is 8.64. The fourth-order valence-corrected chi connectivity index (χ4v) is 5.65. The van der Waals surface area contributed by atoms with Crippen LogP contribution in [0.4, 0.5) is 5.82 Å². The third kappa shape index (κ3) is 3.74. The van der Waals surface area contributed by atoms with Gasteiger partial charge in [-0.3, -0.25) is 9.59 Å². The minimum absolute atomic E-state index is 0.00197. The lowest BCUT2D eigenvalue weighted by molar-refractivity contribution is 0.0887. The van der Waals surface area contributed by atoms with Gasteiger partial charge in [0.1, 0.15) is 22.9 Å². The molecular formula is C25H34N4O2. The largest absolute Gasteiger partial charge is 0.367 e. The van der Waals surface area contributed by atoms with Crippen molar-refractivity contribution in [3.63, 3.8) is 0 Å². The van der Waals surface area contributed by atoms with E-state index in [0.717, 1.165) is 89.2 Å². The zero-order chi connectivity index (χ0) is 21.4. The van der Waals surface area contributed by atoms with Crippen molar-refractivity contribution in [3.05, 3.63) is 34.3 Å². The molecule has 1 aromatic rings. The minimum atomic E-state index is -0.0460. The Bertz CT molecular complexity index is 904. The zero-order valence-corrected chi connectivity index (χ0v) is 18.8. The van der Waals surface area contributed by atoms with Crippen molar-refractivity contribution in [3.8, 4) is 0 Å². The number of carbonyl (C=O) groups is 2.